The molecular weight excluding hydrogens is 316 g/mol. The van der Waals surface area contributed by atoms with Crippen LogP contribution in [0.2, 0.25) is 0 Å². The number of rotatable bonds is 0. The number of hydrogen-bond acceptors (Lipinski definition) is 0. The maximum atomic E-state index is 0. The SMILES string of the molecule is [Ba+2].[H-].[H-].[Ti].[Zn].[Zn]. The Hall–Kier alpha value is 3.53. The molecule has 0 aromatic rings. The second-order valence-electron chi connectivity index (χ2n) is 0. The van der Waals surface area contributed by atoms with E-state index in [4.69, 9.17) is 0 Å². The molecule has 0 aromatic carbocycles. The first-order valence-electron chi connectivity index (χ1n) is 0. The third kappa shape index (κ3) is 9.11. The van der Waals surface area contributed by atoms with Crippen molar-refractivity contribution in [3.8, 4) is 0 Å². The van der Waals surface area contributed by atoms with E-state index >= 15 is 0 Å². The topological polar surface area (TPSA) is 0 Å². The van der Waals surface area contributed by atoms with Crippen LogP contribution in [-0.4, -0.2) is 48.9 Å². The van der Waals surface area contributed by atoms with Crippen LogP contribution in [0.25, 0.3) is 0 Å². The molecule has 4 heavy (non-hydrogen) atoms. The third-order valence-electron chi connectivity index (χ3n) is 0. The summed E-state index contributed by atoms with van der Waals surface area (Å²) in [6.07, 6.45) is 0. The van der Waals surface area contributed by atoms with Crippen LogP contribution >= 0.6 is 0 Å². The summed E-state index contributed by atoms with van der Waals surface area (Å²) in [6.45, 7) is 0. The molecule has 0 nitrogen and oxygen atoms in total. The van der Waals surface area contributed by atoms with E-state index in [1.54, 1.807) is 0 Å². The molecule has 0 atom stereocenters. The first-order chi connectivity index (χ1) is 0. The molecule has 12 valence electrons. The van der Waals surface area contributed by atoms with Crippen molar-refractivity contribution in [2.45, 2.75) is 0 Å². The molecule has 0 fully saturated rings. The van der Waals surface area contributed by atoms with Gasteiger partial charge >= 0.3 is 48.9 Å². The second kappa shape index (κ2) is 16.0. The average Bonchev–Trinajstić information content (AvgIpc) is 0. The van der Waals surface area contributed by atoms with Gasteiger partial charge in [0.1, 0.15) is 0 Å². The van der Waals surface area contributed by atoms with E-state index in [9.17, 15) is 0 Å². The molecule has 0 unspecified atom stereocenters. The van der Waals surface area contributed by atoms with Crippen LogP contribution in [0.1, 0.15) is 2.85 Å². The minimum absolute atomic E-state index is 0. The Labute approximate surface area is 110 Å². The van der Waals surface area contributed by atoms with E-state index in [0.717, 1.165) is 0 Å². The largest absolute Gasteiger partial charge is 2.00 e. The van der Waals surface area contributed by atoms with E-state index in [1.807, 2.05) is 0 Å². The molecule has 0 rings (SSSR count). The monoisotopic (exact) mass is 316 g/mol. The van der Waals surface area contributed by atoms with Crippen molar-refractivity contribution in [3.63, 3.8) is 0 Å². The Bertz CT molecular complexity index is 11.5. The predicted molar refractivity (Wildman–Crippen MR) is 7.98 cm³/mol. The quantitative estimate of drug-likeness (QED) is 0.545. The fourth-order valence-electron chi connectivity index (χ4n) is 0. The van der Waals surface area contributed by atoms with E-state index in [0.29, 0.717) is 0 Å². The number of hydrogen-bond donors (Lipinski definition) is 0. The molecular formula is H2BaTiZn2. The van der Waals surface area contributed by atoms with Gasteiger partial charge in [0, 0.05) is 60.7 Å². The summed E-state index contributed by atoms with van der Waals surface area (Å²) in [5.41, 5.74) is 0. The molecule has 0 saturated heterocycles. The summed E-state index contributed by atoms with van der Waals surface area (Å²) in [6, 6.07) is 0. The molecule has 0 aliphatic carbocycles. The van der Waals surface area contributed by atoms with Crippen LogP contribution in [-0.2, 0) is 60.7 Å². The maximum Gasteiger partial charge on any atom is 2.00 e. The van der Waals surface area contributed by atoms with Crippen molar-refractivity contribution in [1.29, 1.82) is 0 Å². The molecule has 0 spiro atoms. The zero-order chi connectivity index (χ0) is 0. The average molecular weight is 318 g/mol. The Morgan fingerprint density at radius 2 is 1.00 bits per heavy atom. The van der Waals surface area contributed by atoms with Gasteiger partial charge in [0.2, 0.25) is 0 Å². The van der Waals surface area contributed by atoms with E-state index in [2.05, 4.69) is 0 Å². The fraction of sp³-hybridized carbons (Fsp3) is 0. The minimum Gasteiger partial charge on any atom is -1.00 e. The van der Waals surface area contributed by atoms with Gasteiger partial charge in [-0.15, -0.1) is 0 Å². The van der Waals surface area contributed by atoms with Crippen LogP contribution in [0, 0.1) is 0 Å². The summed E-state index contributed by atoms with van der Waals surface area (Å²) in [5.74, 6) is 0. The molecule has 0 amide bonds. The summed E-state index contributed by atoms with van der Waals surface area (Å²) in [4.78, 5) is 0. The van der Waals surface area contributed by atoms with Crippen LogP contribution in [0.15, 0.2) is 0 Å². The molecule has 0 saturated carbocycles. The second-order valence-corrected chi connectivity index (χ2v) is 0. The van der Waals surface area contributed by atoms with Gasteiger partial charge in [-0.1, -0.05) is 0 Å². The maximum absolute atomic E-state index is 0. The standard InChI is InChI=1S/Ba.Ti.2Zn.2H/q+2;;;;2*-1. The van der Waals surface area contributed by atoms with E-state index in [-0.39, 0.29) is 112 Å². The van der Waals surface area contributed by atoms with Crippen molar-refractivity contribution in [1.82, 2.24) is 0 Å². The van der Waals surface area contributed by atoms with Crippen molar-refractivity contribution in [2.75, 3.05) is 0 Å². The normalized spacial score (nSPS) is 0. The fourth-order valence-corrected chi connectivity index (χ4v) is 0. The van der Waals surface area contributed by atoms with Crippen LogP contribution in [0.4, 0.5) is 0 Å². The molecule has 0 aliphatic rings. The van der Waals surface area contributed by atoms with Gasteiger partial charge < -0.3 is 2.85 Å². The van der Waals surface area contributed by atoms with Gasteiger partial charge in [0.25, 0.3) is 0 Å². The summed E-state index contributed by atoms with van der Waals surface area (Å²) >= 11 is 0. The Kier molecular flexibility index (Phi) is 103. The molecule has 0 N–H and O–H groups in total. The van der Waals surface area contributed by atoms with Crippen LogP contribution < -0.4 is 0 Å². The molecule has 0 heterocycles. The van der Waals surface area contributed by atoms with Gasteiger partial charge in [0.15, 0.2) is 0 Å². The van der Waals surface area contributed by atoms with Crippen molar-refractivity contribution in [2.24, 2.45) is 0 Å². The smallest absolute Gasteiger partial charge is 1.00 e. The molecule has 0 bridgehead atoms. The van der Waals surface area contributed by atoms with Gasteiger partial charge in [0.05, 0.1) is 0 Å². The Balaban J connectivity index is 0. The summed E-state index contributed by atoms with van der Waals surface area (Å²) < 4.78 is 0. The molecule has 0 aromatic heterocycles. The van der Waals surface area contributed by atoms with Crippen molar-refractivity contribution < 1.29 is 63.5 Å². The summed E-state index contributed by atoms with van der Waals surface area (Å²) in [7, 11) is 0. The van der Waals surface area contributed by atoms with Crippen molar-refractivity contribution >= 4 is 48.9 Å². The van der Waals surface area contributed by atoms with E-state index < -0.39 is 0 Å². The first kappa shape index (κ1) is 25.8. The molecule has 0 aliphatic heterocycles. The minimum atomic E-state index is 0. The van der Waals surface area contributed by atoms with E-state index in [1.165, 1.54) is 0 Å². The zero-order valence-corrected chi connectivity index (χ0v) is 14.6. The first-order valence-corrected chi connectivity index (χ1v) is 0. The van der Waals surface area contributed by atoms with Gasteiger partial charge in [-0.3, -0.25) is 0 Å². The molecule has 0 radical (unpaired) electrons. The van der Waals surface area contributed by atoms with Gasteiger partial charge in [-0.2, -0.15) is 0 Å². The van der Waals surface area contributed by atoms with Crippen LogP contribution in [0.5, 0.6) is 0 Å². The van der Waals surface area contributed by atoms with Crippen molar-refractivity contribution in [3.05, 3.63) is 0 Å². The Morgan fingerprint density at radius 1 is 1.00 bits per heavy atom. The Morgan fingerprint density at radius 3 is 1.00 bits per heavy atom. The van der Waals surface area contributed by atoms with Gasteiger partial charge in [-0.05, 0) is 0 Å². The van der Waals surface area contributed by atoms with Crippen LogP contribution in [0.3, 0.4) is 0 Å². The van der Waals surface area contributed by atoms with Gasteiger partial charge in [-0.25, -0.2) is 0 Å². The molecule has 4 heteroatoms. The summed E-state index contributed by atoms with van der Waals surface area (Å²) in [5, 5.41) is 0. The third-order valence-corrected chi connectivity index (χ3v) is 0. The predicted octanol–water partition coefficient (Wildman–Crippen LogP) is -0.163. The zero-order valence-electron chi connectivity index (χ0n) is 4.62.